The molecule has 8 nitrogen and oxygen atoms in total. The molecule has 1 atom stereocenters. The molecule has 1 aromatic carbocycles. The van der Waals surface area contributed by atoms with Crippen LogP contribution >= 0.6 is 11.8 Å². The molecule has 9 heteroatoms. The Morgan fingerprint density at radius 2 is 1.97 bits per heavy atom. The zero-order valence-electron chi connectivity index (χ0n) is 18.5. The molecule has 2 aromatic heterocycles. The van der Waals surface area contributed by atoms with Crippen LogP contribution in [0.2, 0.25) is 0 Å². The highest BCUT2D eigenvalue weighted by Gasteiger charge is 2.24. The highest BCUT2D eigenvalue weighted by atomic mass is 32.2. The molecular formula is C23H29N5O3S. The lowest BCUT2D eigenvalue weighted by atomic mass is 10.1. The summed E-state index contributed by atoms with van der Waals surface area (Å²) < 4.78 is 12.8. The number of carbonyl (C=O) groups excluding carboxylic acids is 1. The van der Waals surface area contributed by atoms with E-state index in [-0.39, 0.29) is 11.2 Å². The Bertz CT molecular complexity index is 997. The smallest absolute Gasteiger partial charge is 0.233 e. The van der Waals surface area contributed by atoms with Gasteiger partial charge in [0.25, 0.3) is 0 Å². The van der Waals surface area contributed by atoms with Gasteiger partial charge in [-0.15, -0.1) is 10.2 Å². The fraction of sp³-hybridized carbons (Fsp3) is 0.435. The quantitative estimate of drug-likeness (QED) is 0.492. The van der Waals surface area contributed by atoms with Gasteiger partial charge in [-0.1, -0.05) is 23.9 Å². The van der Waals surface area contributed by atoms with Crippen molar-refractivity contribution in [3.63, 3.8) is 0 Å². The number of nitrogens with zero attached hydrogens (tertiary/aromatic N) is 4. The summed E-state index contributed by atoms with van der Waals surface area (Å²) in [5.74, 6) is 2.43. The number of piperidine rings is 1. The summed E-state index contributed by atoms with van der Waals surface area (Å²) in [7, 11) is 1.64. The van der Waals surface area contributed by atoms with Gasteiger partial charge in [0, 0.05) is 19.6 Å². The maximum absolute atomic E-state index is 12.7. The van der Waals surface area contributed by atoms with E-state index in [1.165, 1.54) is 18.2 Å². The monoisotopic (exact) mass is 455 g/mol. The highest BCUT2D eigenvalue weighted by molar-refractivity contribution is 8.00. The third-order valence-corrected chi connectivity index (χ3v) is 6.59. The highest BCUT2D eigenvalue weighted by Crippen LogP contribution is 2.28. The molecule has 1 N–H and O–H groups in total. The van der Waals surface area contributed by atoms with E-state index in [1.54, 1.807) is 13.4 Å². The number of anilines is 1. The Balaban J connectivity index is 1.43. The van der Waals surface area contributed by atoms with E-state index in [4.69, 9.17) is 9.15 Å². The minimum atomic E-state index is -0.318. The first-order chi connectivity index (χ1) is 15.6. The molecule has 4 rings (SSSR count). The molecule has 170 valence electrons. The number of hydrogen-bond acceptors (Lipinski definition) is 7. The minimum Gasteiger partial charge on any atom is -0.497 e. The van der Waals surface area contributed by atoms with Crippen molar-refractivity contribution in [2.75, 3.05) is 25.1 Å². The van der Waals surface area contributed by atoms with Crippen LogP contribution in [0.4, 0.5) is 5.95 Å². The number of methoxy groups -OCH3 is 1. The normalized spacial score (nSPS) is 14.9. The van der Waals surface area contributed by atoms with Crippen molar-refractivity contribution in [1.29, 1.82) is 0 Å². The maximum atomic E-state index is 12.7. The first kappa shape index (κ1) is 22.3. The summed E-state index contributed by atoms with van der Waals surface area (Å²) in [6.45, 7) is 4.83. The standard InChI is InChI=1S/C23H29N5O3S/c1-17(21(29)24-15-18-8-10-19(30-2)11-9-18)32-23-26-25-22(27-12-4-3-5-13-27)28(23)16-20-7-6-14-31-20/h6-11,14,17H,3-5,12-13,15-16H2,1-2H3,(H,24,29)/t17-/m0/s1. The third-order valence-electron chi connectivity index (χ3n) is 5.51. The average Bonchev–Trinajstić information content (AvgIpc) is 3.49. The predicted octanol–water partition coefficient (Wildman–Crippen LogP) is 3.72. The number of hydrogen-bond donors (Lipinski definition) is 1. The number of carbonyl (C=O) groups is 1. The van der Waals surface area contributed by atoms with Crippen molar-refractivity contribution in [3.8, 4) is 5.75 Å². The number of furan rings is 1. The number of ether oxygens (including phenoxy) is 1. The Labute approximate surface area is 192 Å². The van der Waals surface area contributed by atoms with Crippen molar-refractivity contribution >= 4 is 23.6 Å². The van der Waals surface area contributed by atoms with Crippen molar-refractivity contribution in [3.05, 3.63) is 54.0 Å². The SMILES string of the molecule is COc1ccc(CNC(=O)[C@H](C)Sc2nnc(N3CCCCC3)n2Cc2ccco2)cc1. The largest absolute Gasteiger partial charge is 0.497 e. The van der Waals surface area contributed by atoms with Gasteiger partial charge in [-0.3, -0.25) is 9.36 Å². The molecule has 0 radical (unpaired) electrons. The van der Waals surface area contributed by atoms with Gasteiger partial charge in [-0.05, 0) is 56.0 Å². The zero-order chi connectivity index (χ0) is 22.3. The molecule has 0 unspecified atom stereocenters. The van der Waals surface area contributed by atoms with Gasteiger partial charge in [0.2, 0.25) is 11.9 Å². The van der Waals surface area contributed by atoms with Crippen LogP contribution in [-0.4, -0.2) is 46.1 Å². The summed E-state index contributed by atoms with van der Waals surface area (Å²) in [5.41, 5.74) is 1.02. The second-order valence-electron chi connectivity index (χ2n) is 7.82. The van der Waals surface area contributed by atoms with Crippen LogP contribution in [0.3, 0.4) is 0 Å². The maximum Gasteiger partial charge on any atom is 0.233 e. The molecule has 1 fully saturated rings. The van der Waals surface area contributed by atoms with Gasteiger partial charge in [0.05, 0.1) is 25.2 Å². The van der Waals surface area contributed by atoms with E-state index >= 15 is 0 Å². The number of rotatable bonds is 9. The van der Waals surface area contributed by atoms with Crippen LogP contribution in [0.25, 0.3) is 0 Å². The van der Waals surface area contributed by atoms with Gasteiger partial charge in [-0.2, -0.15) is 0 Å². The second-order valence-corrected chi connectivity index (χ2v) is 9.13. The van der Waals surface area contributed by atoms with Gasteiger partial charge in [0.1, 0.15) is 11.5 Å². The topological polar surface area (TPSA) is 85.4 Å². The number of thioether (sulfide) groups is 1. The number of nitrogens with one attached hydrogen (secondary N) is 1. The molecule has 32 heavy (non-hydrogen) atoms. The fourth-order valence-electron chi connectivity index (χ4n) is 3.68. The molecule has 0 bridgehead atoms. The summed E-state index contributed by atoms with van der Waals surface area (Å²) in [6.07, 6.45) is 5.22. The summed E-state index contributed by atoms with van der Waals surface area (Å²) in [5, 5.41) is 12.3. The Hall–Kier alpha value is -2.94. The van der Waals surface area contributed by atoms with E-state index in [0.29, 0.717) is 18.2 Å². The van der Waals surface area contributed by atoms with Gasteiger partial charge in [0.15, 0.2) is 5.16 Å². The average molecular weight is 456 g/mol. The summed E-state index contributed by atoms with van der Waals surface area (Å²) in [6, 6.07) is 11.5. The first-order valence-electron chi connectivity index (χ1n) is 10.9. The molecule has 1 aliphatic heterocycles. The van der Waals surface area contributed by atoms with Crippen LogP contribution in [-0.2, 0) is 17.9 Å². The predicted molar refractivity (Wildman–Crippen MR) is 124 cm³/mol. The van der Waals surface area contributed by atoms with E-state index in [1.807, 2.05) is 43.3 Å². The zero-order valence-corrected chi connectivity index (χ0v) is 19.3. The molecule has 0 aliphatic carbocycles. The van der Waals surface area contributed by atoms with E-state index < -0.39 is 0 Å². The van der Waals surface area contributed by atoms with Crippen LogP contribution in [0, 0.1) is 0 Å². The van der Waals surface area contributed by atoms with Gasteiger partial charge in [-0.25, -0.2) is 0 Å². The van der Waals surface area contributed by atoms with Crippen molar-refractivity contribution < 1.29 is 13.9 Å². The number of amides is 1. The van der Waals surface area contributed by atoms with Crippen LogP contribution in [0.5, 0.6) is 5.75 Å². The minimum absolute atomic E-state index is 0.0436. The number of aromatic nitrogens is 3. The van der Waals surface area contributed by atoms with E-state index in [9.17, 15) is 4.79 Å². The molecule has 1 amide bonds. The lowest BCUT2D eigenvalue weighted by Gasteiger charge is -2.27. The van der Waals surface area contributed by atoms with Crippen LogP contribution in [0.1, 0.15) is 37.5 Å². The molecule has 1 aliphatic rings. The Kier molecular flexibility index (Phi) is 7.36. The molecule has 1 saturated heterocycles. The van der Waals surface area contributed by atoms with Gasteiger partial charge < -0.3 is 19.4 Å². The fourth-order valence-corrected chi connectivity index (χ4v) is 4.55. The van der Waals surface area contributed by atoms with Crippen molar-refractivity contribution in [2.45, 2.75) is 49.7 Å². The number of benzene rings is 1. The van der Waals surface area contributed by atoms with E-state index in [0.717, 1.165) is 49.0 Å². The summed E-state index contributed by atoms with van der Waals surface area (Å²) in [4.78, 5) is 15.0. The summed E-state index contributed by atoms with van der Waals surface area (Å²) >= 11 is 1.42. The lowest BCUT2D eigenvalue weighted by molar-refractivity contribution is -0.120. The molecule has 0 spiro atoms. The Morgan fingerprint density at radius 3 is 2.66 bits per heavy atom. The third kappa shape index (κ3) is 5.45. The molecule has 0 saturated carbocycles. The molecular weight excluding hydrogens is 426 g/mol. The van der Waals surface area contributed by atoms with E-state index in [2.05, 4.69) is 25.0 Å². The van der Waals surface area contributed by atoms with Crippen LogP contribution in [0.15, 0.2) is 52.2 Å². The Morgan fingerprint density at radius 1 is 1.19 bits per heavy atom. The van der Waals surface area contributed by atoms with Crippen LogP contribution < -0.4 is 15.0 Å². The second kappa shape index (κ2) is 10.6. The van der Waals surface area contributed by atoms with Gasteiger partial charge >= 0.3 is 0 Å². The van der Waals surface area contributed by atoms with Crippen molar-refractivity contribution in [1.82, 2.24) is 20.1 Å². The molecule has 3 heterocycles. The lowest BCUT2D eigenvalue weighted by Crippen LogP contribution is -2.32. The first-order valence-corrected chi connectivity index (χ1v) is 11.8. The van der Waals surface area contributed by atoms with Crippen molar-refractivity contribution in [2.24, 2.45) is 0 Å². The molecule has 3 aromatic rings.